The first kappa shape index (κ1) is 19.5. The molecule has 0 aliphatic carbocycles. The molecule has 7 nitrogen and oxygen atoms in total. The van der Waals surface area contributed by atoms with Crippen molar-refractivity contribution in [2.75, 3.05) is 0 Å². The molecular weight excluding hydrogens is 402 g/mol. The van der Waals surface area contributed by atoms with E-state index in [4.69, 9.17) is 4.42 Å². The molecule has 3 aromatic heterocycles. The van der Waals surface area contributed by atoms with E-state index in [0.717, 1.165) is 4.88 Å². The Bertz CT molecular complexity index is 1110. The highest BCUT2D eigenvalue weighted by Gasteiger charge is 2.30. The first-order valence-electron chi connectivity index (χ1n) is 9.16. The number of amides is 1. The van der Waals surface area contributed by atoms with Crippen molar-refractivity contribution in [3.05, 3.63) is 105 Å². The van der Waals surface area contributed by atoms with Crippen molar-refractivity contribution in [2.45, 2.75) is 13.1 Å². The van der Waals surface area contributed by atoms with Gasteiger partial charge in [-0.05, 0) is 29.6 Å². The van der Waals surface area contributed by atoms with Crippen LogP contribution in [0.4, 0.5) is 5.69 Å². The zero-order chi connectivity index (χ0) is 20.9. The van der Waals surface area contributed by atoms with Crippen LogP contribution in [-0.2, 0) is 13.1 Å². The van der Waals surface area contributed by atoms with E-state index in [0.29, 0.717) is 17.9 Å². The third-order valence-corrected chi connectivity index (χ3v) is 5.39. The molecule has 150 valence electrons. The van der Waals surface area contributed by atoms with Gasteiger partial charge in [0.25, 0.3) is 5.91 Å². The Morgan fingerprint density at radius 1 is 1.07 bits per heavy atom. The number of benzene rings is 1. The highest BCUT2D eigenvalue weighted by molar-refractivity contribution is 7.09. The van der Waals surface area contributed by atoms with Crippen molar-refractivity contribution in [3.63, 3.8) is 0 Å². The van der Waals surface area contributed by atoms with E-state index in [-0.39, 0.29) is 23.5 Å². The van der Waals surface area contributed by atoms with Gasteiger partial charge in [-0.2, -0.15) is 0 Å². The standard InChI is InChI=1S/C22H17N3O4S/c26-22(24(14-17-8-4-12-29-17)15-18-9-5-13-30-18)19-10-11-23-20(21(19)25(27)28)16-6-2-1-3-7-16/h1-13H,14-15H2. The highest BCUT2D eigenvalue weighted by atomic mass is 32.1. The maximum atomic E-state index is 13.5. The minimum Gasteiger partial charge on any atom is -0.467 e. The van der Waals surface area contributed by atoms with E-state index in [9.17, 15) is 14.9 Å². The average molecular weight is 419 g/mol. The van der Waals surface area contributed by atoms with E-state index in [2.05, 4.69) is 4.98 Å². The maximum absolute atomic E-state index is 13.5. The maximum Gasteiger partial charge on any atom is 0.308 e. The number of nitro groups is 1. The molecule has 0 atom stereocenters. The Morgan fingerprint density at radius 3 is 2.57 bits per heavy atom. The first-order chi connectivity index (χ1) is 14.6. The second-order valence-corrected chi connectivity index (χ2v) is 7.53. The predicted octanol–water partition coefficient (Wildman–Crippen LogP) is 5.15. The van der Waals surface area contributed by atoms with Crippen LogP contribution in [-0.4, -0.2) is 20.7 Å². The second-order valence-electron chi connectivity index (χ2n) is 6.50. The number of hydrogen-bond acceptors (Lipinski definition) is 6. The van der Waals surface area contributed by atoms with E-state index in [1.165, 1.54) is 29.9 Å². The van der Waals surface area contributed by atoms with Crippen molar-refractivity contribution in [2.24, 2.45) is 0 Å². The largest absolute Gasteiger partial charge is 0.467 e. The van der Waals surface area contributed by atoms with Gasteiger partial charge in [0.15, 0.2) is 0 Å². The summed E-state index contributed by atoms with van der Waals surface area (Å²) in [5, 5.41) is 13.9. The molecule has 0 aliphatic heterocycles. The van der Waals surface area contributed by atoms with Gasteiger partial charge in [0, 0.05) is 16.6 Å². The lowest BCUT2D eigenvalue weighted by Gasteiger charge is -2.21. The quantitative estimate of drug-likeness (QED) is 0.305. The minimum atomic E-state index is -0.543. The van der Waals surface area contributed by atoms with Gasteiger partial charge in [0.2, 0.25) is 0 Å². The van der Waals surface area contributed by atoms with Crippen LogP contribution in [0.1, 0.15) is 21.0 Å². The van der Waals surface area contributed by atoms with E-state index in [1.807, 2.05) is 23.6 Å². The fourth-order valence-corrected chi connectivity index (χ4v) is 3.89. The van der Waals surface area contributed by atoms with Crippen LogP contribution in [0, 0.1) is 10.1 Å². The molecule has 0 saturated heterocycles. The fourth-order valence-electron chi connectivity index (χ4n) is 3.17. The lowest BCUT2D eigenvalue weighted by Crippen LogP contribution is -2.30. The number of nitrogens with zero attached hydrogens (tertiary/aromatic N) is 3. The molecule has 0 aliphatic rings. The van der Waals surface area contributed by atoms with Crippen molar-refractivity contribution < 1.29 is 14.1 Å². The Labute approximate surface area is 176 Å². The Morgan fingerprint density at radius 2 is 1.90 bits per heavy atom. The molecule has 0 spiro atoms. The Kier molecular flexibility index (Phi) is 5.67. The summed E-state index contributed by atoms with van der Waals surface area (Å²) in [5.41, 5.74) is 0.441. The van der Waals surface area contributed by atoms with Crippen molar-refractivity contribution in [1.29, 1.82) is 0 Å². The molecule has 0 fully saturated rings. The predicted molar refractivity (Wildman–Crippen MR) is 113 cm³/mol. The average Bonchev–Trinajstić information content (AvgIpc) is 3.47. The van der Waals surface area contributed by atoms with Gasteiger partial charge in [0.05, 0.1) is 24.3 Å². The van der Waals surface area contributed by atoms with Gasteiger partial charge in [-0.15, -0.1) is 11.3 Å². The third-order valence-electron chi connectivity index (χ3n) is 4.53. The summed E-state index contributed by atoms with van der Waals surface area (Å²) >= 11 is 1.52. The molecule has 8 heteroatoms. The van der Waals surface area contributed by atoms with Gasteiger partial charge in [0.1, 0.15) is 17.0 Å². The summed E-state index contributed by atoms with van der Waals surface area (Å²) in [4.78, 5) is 31.6. The number of carbonyl (C=O) groups is 1. The zero-order valence-corrected chi connectivity index (χ0v) is 16.6. The number of pyridine rings is 1. The SMILES string of the molecule is O=C(c1ccnc(-c2ccccc2)c1[N+](=O)[O-])N(Cc1ccco1)Cc1cccs1. The monoisotopic (exact) mass is 419 g/mol. The molecule has 0 saturated carbocycles. The topological polar surface area (TPSA) is 89.5 Å². The van der Waals surface area contributed by atoms with Crippen molar-refractivity contribution in [1.82, 2.24) is 9.88 Å². The third kappa shape index (κ3) is 4.13. The van der Waals surface area contributed by atoms with Crippen molar-refractivity contribution in [3.8, 4) is 11.3 Å². The van der Waals surface area contributed by atoms with Crippen LogP contribution in [0.15, 0.2) is 82.9 Å². The number of rotatable bonds is 7. The second kappa shape index (κ2) is 8.71. The molecule has 3 heterocycles. The lowest BCUT2D eigenvalue weighted by atomic mass is 10.1. The number of aromatic nitrogens is 1. The normalized spacial score (nSPS) is 10.7. The Balaban J connectivity index is 1.76. The van der Waals surface area contributed by atoms with E-state index in [1.54, 1.807) is 41.3 Å². The summed E-state index contributed by atoms with van der Waals surface area (Å²) in [6.07, 6.45) is 2.96. The van der Waals surface area contributed by atoms with Gasteiger partial charge < -0.3 is 9.32 Å². The number of hydrogen-bond donors (Lipinski definition) is 0. The summed E-state index contributed by atoms with van der Waals surface area (Å²) in [7, 11) is 0. The minimum absolute atomic E-state index is 0.00281. The van der Waals surface area contributed by atoms with Crippen LogP contribution >= 0.6 is 11.3 Å². The molecular formula is C22H17N3O4S. The number of thiophene rings is 1. The summed E-state index contributed by atoms with van der Waals surface area (Å²) in [6.45, 7) is 0.515. The summed E-state index contributed by atoms with van der Waals surface area (Å²) < 4.78 is 5.40. The molecule has 4 aromatic rings. The molecule has 0 bridgehead atoms. The number of furan rings is 1. The van der Waals surface area contributed by atoms with Crippen LogP contribution in [0.2, 0.25) is 0 Å². The smallest absolute Gasteiger partial charge is 0.308 e. The molecule has 4 rings (SSSR count). The fraction of sp³-hybridized carbons (Fsp3) is 0.0909. The summed E-state index contributed by atoms with van der Waals surface area (Å²) in [5.74, 6) is 0.144. The van der Waals surface area contributed by atoms with Crippen molar-refractivity contribution >= 4 is 22.9 Å². The van der Waals surface area contributed by atoms with Gasteiger partial charge in [-0.3, -0.25) is 14.9 Å². The van der Waals surface area contributed by atoms with Gasteiger partial charge in [-0.25, -0.2) is 4.98 Å². The molecule has 1 amide bonds. The summed E-state index contributed by atoms with van der Waals surface area (Å²) in [6, 6.07) is 17.6. The molecule has 0 radical (unpaired) electrons. The van der Waals surface area contributed by atoms with Gasteiger partial charge in [-0.1, -0.05) is 36.4 Å². The molecule has 0 N–H and O–H groups in total. The van der Waals surface area contributed by atoms with Crippen LogP contribution < -0.4 is 0 Å². The molecule has 30 heavy (non-hydrogen) atoms. The van der Waals surface area contributed by atoms with Crippen LogP contribution in [0.5, 0.6) is 0 Å². The van der Waals surface area contributed by atoms with E-state index >= 15 is 0 Å². The van der Waals surface area contributed by atoms with Gasteiger partial charge >= 0.3 is 5.69 Å². The zero-order valence-electron chi connectivity index (χ0n) is 15.8. The molecule has 1 aromatic carbocycles. The Hall–Kier alpha value is -3.78. The lowest BCUT2D eigenvalue weighted by molar-refractivity contribution is -0.384. The first-order valence-corrected chi connectivity index (χ1v) is 10.0. The highest BCUT2D eigenvalue weighted by Crippen LogP contribution is 2.32. The van der Waals surface area contributed by atoms with E-state index < -0.39 is 10.8 Å². The van der Waals surface area contributed by atoms with Crippen LogP contribution in [0.3, 0.4) is 0 Å². The molecule has 0 unspecified atom stereocenters. The number of carbonyl (C=O) groups excluding carboxylic acids is 1. The van der Waals surface area contributed by atoms with Crippen LogP contribution in [0.25, 0.3) is 11.3 Å².